The minimum Gasteiger partial charge on any atom is -0.453 e. The number of nitrogens with zero attached hydrogens (tertiary/aromatic N) is 1. The highest BCUT2D eigenvalue weighted by Gasteiger charge is 2.37. The van der Waals surface area contributed by atoms with Gasteiger partial charge in [-0.1, -0.05) is 23.7 Å². The molecule has 2 aromatic carbocycles. The number of halogens is 2. The van der Waals surface area contributed by atoms with Crippen molar-refractivity contribution in [2.75, 3.05) is 18.6 Å². The molecule has 2 atom stereocenters. The molecule has 0 unspecified atom stereocenters. The maximum atomic E-state index is 13.6. The molecule has 0 aliphatic carbocycles. The average molecular weight is 419 g/mol. The lowest BCUT2D eigenvalue weighted by Gasteiger charge is -2.35. The van der Waals surface area contributed by atoms with Gasteiger partial charge in [-0.25, -0.2) is 4.39 Å². The van der Waals surface area contributed by atoms with E-state index in [1.165, 1.54) is 23.1 Å². The molecule has 2 aromatic rings. The van der Waals surface area contributed by atoms with E-state index in [9.17, 15) is 14.0 Å². The van der Waals surface area contributed by atoms with Crippen molar-refractivity contribution >= 4 is 29.1 Å². The van der Waals surface area contributed by atoms with Gasteiger partial charge in [-0.3, -0.25) is 9.59 Å². The number of hydrogen-bond acceptors (Lipinski definition) is 4. The van der Waals surface area contributed by atoms with Crippen molar-refractivity contribution in [2.24, 2.45) is 0 Å². The number of ether oxygens (including phenoxy) is 2. The third kappa shape index (κ3) is 3.68. The number of amides is 2. The van der Waals surface area contributed by atoms with Crippen LogP contribution in [0, 0.1) is 12.7 Å². The summed E-state index contributed by atoms with van der Waals surface area (Å²) < 4.78 is 24.8. The molecule has 0 bridgehead atoms. The Balaban J connectivity index is 1.65. The third-order valence-corrected chi connectivity index (χ3v) is 5.53. The van der Waals surface area contributed by atoms with Crippen LogP contribution in [0.4, 0.5) is 10.1 Å². The first-order chi connectivity index (χ1) is 13.8. The summed E-state index contributed by atoms with van der Waals surface area (Å²) >= 11 is 6.14. The highest BCUT2D eigenvalue weighted by molar-refractivity contribution is 6.32. The Morgan fingerprint density at radius 2 is 2.10 bits per heavy atom. The smallest absolute Gasteiger partial charge is 0.249 e. The second kappa shape index (κ2) is 7.65. The maximum absolute atomic E-state index is 13.6. The van der Waals surface area contributed by atoms with E-state index in [2.05, 4.69) is 5.32 Å². The third-order valence-electron chi connectivity index (χ3n) is 5.21. The topological polar surface area (TPSA) is 67.9 Å². The van der Waals surface area contributed by atoms with Crippen LogP contribution in [-0.2, 0) is 20.7 Å². The van der Waals surface area contributed by atoms with E-state index < -0.39 is 18.0 Å². The van der Waals surface area contributed by atoms with E-state index >= 15 is 0 Å². The van der Waals surface area contributed by atoms with Crippen LogP contribution in [0.25, 0.3) is 0 Å². The number of aryl methyl sites for hydroxylation is 1. The van der Waals surface area contributed by atoms with Crippen LogP contribution in [0.2, 0.25) is 5.02 Å². The fraction of sp³-hybridized carbons (Fsp3) is 0.333. The van der Waals surface area contributed by atoms with Crippen LogP contribution in [-0.4, -0.2) is 37.6 Å². The number of fused-ring (bicyclic) bond motifs is 1. The molecular weight excluding hydrogens is 399 g/mol. The second-order valence-corrected chi connectivity index (χ2v) is 7.61. The first kappa shape index (κ1) is 19.7. The van der Waals surface area contributed by atoms with Gasteiger partial charge in [0.1, 0.15) is 23.7 Å². The highest BCUT2D eigenvalue weighted by atomic mass is 35.5. The monoisotopic (exact) mass is 418 g/mol. The largest absolute Gasteiger partial charge is 0.453 e. The Bertz CT molecular complexity index is 993. The summed E-state index contributed by atoms with van der Waals surface area (Å²) in [4.78, 5) is 26.6. The van der Waals surface area contributed by atoms with Crippen molar-refractivity contribution in [3.05, 3.63) is 52.3 Å². The van der Waals surface area contributed by atoms with E-state index in [4.69, 9.17) is 21.1 Å². The predicted molar refractivity (Wildman–Crippen MR) is 106 cm³/mol. The molecule has 0 spiro atoms. The van der Waals surface area contributed by atoms with E-state index in [1.807, 2.05) is 19.1 Å². The van der Waals surface area contributed by atoms with Gasteiger partial charge in [0.05, 0.1) is 17.3 Å². The minimum atomic E-state index is -0.683. The molecule has 1 saturated heterocycles. The standard InChI is InChI=1S/C21H20ClFN2O4/c1-11-3-4-12-9-15(24-20(26)16-7-8-28-16)21(27)25(2)18(12)19(11)29-17-10-13(23)5-6-14(17)22/h3-6,10,15-16H,7-9H2,1-2H3,(H,24,26)/t15-,16-/m1/s1. The van der Waals surface area contributed by atoms with Crippen LogP contribution >= 0.6 is 11.6 Å². The number of likely N-dealkylation sites (N-methyl/N-ethyl adjacent to an activating group) is 1. The molecule has 1 N–H and O–H groups in total. The van der Waals surface area contributed by atoms with E-state index in [1.54, 1.807) is 7.05 Å². The molecule has 6 nitrogen and oxygen atoms in total. The van der Waals surface area contributed by atoms with Crippen molar-refractivity contribution in [3.63, 3.8) is 0 Å². The Kier molecular flexibility index (Phi) is 5.19. The van der Waals surface area contributed by atoms with Crippen LogP contribution in [0.3, 0.4) is 0 Å². The van der Waals surface area contributed by atoms with Crippen molar-refractivity contribution in [1.29, 1.82) is 0 Å². The van der Waals surface area contributed by atoms with Gasteiger partial charge in [-0.05, 0) is 30.2 Å². The van der Waals surface area contributed by atoms with Gasteiger partial charge in [0.25, 0.3) is 0 Å². The Morgan fingerprint density at radius 1 is 1.34 bits per heavy atom. The fourth-order valence-corrected chi connectivity index (χ4v) is 3.67. The summed E-state index contributed by atoms with van der Waals surface area (Å²) in [5, 5.41) is 3.04. The fourth-order valence-electron chi connectivity index (χ4n) is 3.51. The predicted octanol–water partition coefficient (Wildman–Crippen LogP) is 3.37. The number of rotatable bonds is 4. The molecule has 29 heavy (non-hydrogen) atoms. The van der Waals surface area contributed by atoms with Crippen molar-refractivity contribution in [1.82, 2.24) is 5.32 Å². The van der Waals surface area contributed by atoms with Crippen LogP contribution in [0.1, 0.15) is 17.5 Å². The van der Waals surface area contributed by atoms with Gasteiger partial charge >= 0.3 is 0 Å². The maximum Gasteiger partial charge on any atom is 0.249 e. The van der Waals surface area contributed by atoms with Gasteiger partial charge in [0.15, 0.2) is 5.75 Å². The molecule has 2 aliphatic rings. The molecule has 0 saturated carbocycles. The molecule has 2 amide bonds. The number of nitrogens with one attached hydrogen (secondary N) is 1. The molecule has 8 heteroatoms. The minimum absolute atomic E-state index is 0.168. The Hall–Kier alpha value is -2.64. The lowest BCUT2D eigenvalue weighted by molar-refractivity contribution is -0.147. The Morgan fingerprint density at radius 3 is 2.79 bits per heavy atom. The van der Waals surface area contributed by atoms with E-state index in [-0.39, 0.29) is 22.6 Å². The van der Waals surface area contributed by atoms with Gasteiger partial charge in [0.2, 0.25) is 11.8 Å². The molecule has 4 rings (SSSR count). The average Bonchev–Trinajstić information content (AvgIpc) is 2.63. The number of benzene rings is 2. The molecule has 152 valence electrons. The van der Waals surface area contributed by atoms with E-state index in [0.29, 0.717) is 30.9 Å². The number of hydrogen-bond donors (Lipinski definition) is 1. The molecule has 0 aromatic heterocycles. The summed E-state index contributed by atoms with van der Waals surface area (Å²) in [7, 11) is 1.62. The van der Waals surface area contributed by atoms with Gasteiger partial charge in [0, 0.05) is 26.0 Å². The van der Waals surface area contributed by atoms with Crippen molar-refractivity contribution in [3.8, 4) is 11.5 Å². The van der Waals surface area contributed by atoms with Gasteiger partial charge in [-0.15, -0.1) is 0 Å². The summed E-state index contributed by atoms with van der Waals surface area (Å²) in [6, 6.07) is 6.94. The first-order valence-corrected chi connectivity index (χ1v) is 9.68. The highest BCUT2D eigenvalue weighted by Crippen LogP contribution is 2.42. The summed E-state index contributed by atoms with van der Waals surface area (Å²) in [5.74, 6) is -0.413. The summed E-state index contributed by atoms with van der Waals surface area (Å²) in [6.07, 6.45) is 0.497. The van der Waals surface area contributed by atoms with Crippen LogP contribution in [0.5, 0.6) is 11.5 Å². The number of carbonyl (C=O) groups is 2. The second-order valence-electron chi connectivity index (χ2n) is 7.21. The summed E-state index contributed by atoms with van der Waals surface area (Å²) in [6.45, 7) is 2.39. The lowest BCUT2D eigenvalue weighted by atomic mass is 9.95. The van der Waals surface area contributed by atoms with Crippen LogP contribution in [0.15, 0.2) is 30.3 Å². The lowest BCUT2D eigenvalue weighted by Crippen LogP contribution is -2.55. The van der Waals surface area contributed by atoms with Gasteiger partial charge in [-0.2, -0.15) is 0 Å². The molecular formula is C21H20ClFN2O4. The van der Waals surface area contributed by atoms with Gasteiger partial charge < -0.3 is 19.7 Å². The number of carbonyl (C=O) groups excluding carboxylic acids is 2. The zero-order valence-corrected chi connectivity index (χ0v) is 16.8. The molecule has 2 heterocycles. The summed E-state index contributed by atoms with van der Waals surface area (Å²) in [5.41, 5.74) is 2.19. The normalized spacial score (nSPS) is 20.7. The molecule has 1 fully saturated rings. The zero-order valence-electron chi connectivity index (χ0n) is 16.0. The SMILES string of the molecule is Cc1ccc2c(c1Oc1cc(F)ccc1Cl)N(C)C(=O)[C@H](NC(=O)[C@H]1CCO1)C2. The molecule has 2 aliphatic heterocycles. The van der Waals surface area contributed by atoms with Crippen LogP contribution < -0.4 is 15.0 Å². The first-order valence-electron chi connectivity index (χ1n) is 9.30. The Labute approximate surface area is 172 Å². The quantitative estimate of drug-likeness (QED) is 0.826. The zero-order chi connectivity index (χ0) is 20.7. The van der Waals surface area contributed by atoms with Crippen molar-refractivity contribution in [2.45, 2.75) is 31.9 Å². The molecule has 0 radical (unpaired) electrons. The van der Waals surface area contributed by atoms with Crippen molar-refractivity contribution < 1.29 is 23.5 Å². The number of anilines is 1. The van der Waals surface area contributed by atoms with E-state index in [0.717, 1.165) is 11.1 Å².